The zero-order valence-corrected chi connectivity index (χ0v) is 8.38. The maximum atomic E-state index is 13.5. The Kier molecular flexibility index (Phi) is 3.49. The van der Waals surface area contributed by atoms with Crippen molar-refractivity contribution < 1.29 is 14.2 Å². The second-order valence-corrected chi connectivity index (χ2v) is 3.04. The van der Waals surface area contributed by atoms with Crippen LogP contribution in [0, 0.1) is 5.82 Å². The first-order valence-electron chi connectivity index (χ1n) is 3.94. The zero-order chi connectivity index (χ0) is 10.7. The Morgan fingerprint density at radius 1 is 1.64 bits per heavy atom. The Morgan fingerprint density at radius 3 is 2.79 bits per heavy atom. The summed E-state index contributed by atoms with van der Waals surface area (Å²) in [5.41, 5.74) is 0.0887. The average Bonchev–Trinajstić information content (AvgIpc) is 2.21. The fourth-order valence-electron chi connectivity index (χ4n) is 1.06. The number of benzene rings is 1. The fraction of sp³-hybridized carbons (Fsp3) is 0.200. The molecule has 0 aromatic heterocycles. The molecule has 0 bridgehead atoms. The van der Waals surface area contributed by atoms with Crippen LogP contribution in [0.4, 0.5) is 4.39 Å². The molecular weight excluding hydrogens is 207 g/mol. The van der Waals surface area contributed by atoms with Crippen LogP contribution in [0.3, 0.4) is 0 Å². The minimum atomic E-state index is -1.06. The molecule has 1 rings (SSSR count). The van der Waals surface area contributed by atoms with Crippen LogP contribution in [0.25, 0.3) is 0 Å². The van der Waals surface area contributed by atoms with Crippen molar-refractivity contribution in [2.75, 3.05) is 7.11 Å². The van der Waals surface area contributed by atoms with Gasteiger partial charge in [-0.05, 0) is 12.1 Å². The lowest BCUT2D eigenvalue weighted by atomic mass is 10.1. The van der Waals surface area contributed by atoms with E-state index in [0.29, 0.717) is 0 Å². The van der Waals surface area contributed by atoms with E-state index < -0.39 is 11.9 Å². The fourth-order valence-corrected chi connectivity index (χ4v) is 1.31. The summed E-state index contributed by atoms with van der Waals surface area (Å²) in [6.45, 7) is 3.36. The molecule has 0 aliphatic carbocycles. The summed E-state index contributed by atoms with van der Waals surface area (Å²) in [5.74, 6) is -0.442. The second-order valence-electron chi connectivity index (χ2n) is 2.67. The Labute approximate surface area is 86.6 Å². The largest absolute Gasteiger partial charge is 0.495 e. The van der Waals surface area contributed by atoms with E-state index in [-0.39, 0.29) is 16.3 Å². The predicted octanol–water partition coefficient (Wildman–Crippen LogP) is 2.71. The van der Waals surface area contributed by atoms with Gasteiger partial charge in [-0.3, -0.25) is 0 Å². The minimum Gasteiger partial charge on any atom is -0.495 e. The summed E-state index contributed by atoms with van der Waals surface area (Å²) < 4.78 is 18.3. The van der Waals surface area contributed by atoms with Crippen molar-refractivity contribution in [2.24, 2.45) is 0 Å². The van der Waals surface area contributed by atoms with E-state index in [1.165, 1.54) is 25.3 Å². The van der Waals surface area contributed by atoms with E-state index in [9.17, 15) is 9.50 Å². The van der Waals surface area contributed by atoms with E-state index in [0.717, 1.165) is 0 Å². The van der Waals surface area contributed by atoms with Gasteiger partial charge in [0, 0.05) is 5.56 Å². The van der Waals surface area contributed by atoms with Crippen molar-refractivity contribution in [2.45, 2.75) is 6.10 Å². The van der Waals surface area contributed by atoms with E-state index in [4.69, 9.17) is 16.3 Å². The average molecular weight is 217 g/mol. The SMILES string of the molecule is C=CC(O)c1ccc(OC)c(Cl)c1F. The highest BCUT2D eigenvalue weighted by Crippen LogP contribution is 2.31. The quantitative estimate of drug-likeness (QED) is 0.788. The van der Waals surface area contributed by atoms with Gasteiger partial charge in [-0.15, -0.1) is 6.58 Å². The van der Waals surface area contributed by atoms with Gasteiger partial charge in [0.05, 0.1) is 13.2 Å². The van der Waals surface area contributed by atoms with Crippen LogP contribution in [0.5, 0.6) is 5.75 Å². The summed E-state index contributed by atoms with van der Waals surface area (Å²) in [5, 5.41) is 9.21. The van der Waals surface area contributed by atoms with Crippen LogP contribution in [-0.2, 0) is 0 Å². The number of aliphatic hydroxyl groups excluding tert-OH is 1. The molecule has 2 nitrogen and oxygen atoms in total. The molecule has 14 heavy (non-hydrogen) atoms. The van der Waals surface area contributed by atoms with Gasteiger partial charge in [-0.1, -0.05) is 17.7 Å². The lowest BCUT2D eigenvalue weighted by Crippen LogP contribution is -1.99. The molecule has 0 radical (unpaired) electrons. The van der Waals surface area contributed by atoms with Gasteiger partial charge in [0.2, 0.25) is 0 Å². The highest BCUT2D eigenvalue weighted by molar-refractivity contribution is 6.32. The van der Waals surface area contributed by atoms with Gasteiger partial charge in [0.25, 0.3) is 0 Å². The van der Waals surface area contributed by atoms with Gasteiger partial charge < -0.3 is 9.84 Å². The van der Waals surface area contributed by atoms with E-state index in [1.54, 1.807) is 0 Å². The molecule has 0 spiro atoms. The van der Waals surface area contributed by atoms with Gasteiger partial charge in [0.15, 0.2) is 5.82 Å². The number of rotatable bonds is 3. The number of hydrogen-bond acceptors (Lipinski definition) is 2. The smallest absolute Gasteiger partial charge is 0.151 e. The normalized spacial score (nSPS) is 12.3. The number of halogens is 2. The van der Waals surface area contributed by atoms with Crippen molar-refractivity contribution >= 4 is 11.6 Å². The highest BCUT2D eigenvalue weighted by atomic mass is 35.5. The molecule has 1 atom stereocenters. The summed E-state index contributed by atoms with van der Waals surface area (Å²) in [7, 11) is 1.39. The number of ether oxygens (including phenoxy) is 1. The molecule has 0 amide bonds. The lowest BCUT2D eigenvalue weighted by molar-refractivity contribution is 0.223. The van der Waals surface area contributed by atoms with E-state index in [1.807, 2.05) is 0 Å². The van der Waals surface area contributed by atoms with Crippen LogP contribution < -0.4 is 4.74 Å². The molecule has 0 aliphatic rings. The van der Waals surface area contributed by atoms with Crippen molar-refractivity contribution in [1.82, 2.24) is 0 Å². The van der Waals surface area contributed by atoms with Crippen LogP contribution in [0.15, 0.2) is 24.8 Å². The molecule has 0 heterocycles. The first kappa shape index (κ1) is 11.0. The highest BCUT2D eigenvalue weighted by Gasteiger charge is 2.15. The maximum absolute atomic E-state index is 13.5. The molecule has 0 fully saturated rings. The van der Waals surface area contributed by atoms with Gasteiger partial charge >= 0.3 is 0 Å². The Balaban J connectivity index is 3.23. The van der Waals surface area contributed by atoms with Crippen molar-refractivity contribution in [3.63, 3.8) is 0 Å². The third kappa shape index (κ3) is 1.89. The van der Waals surface area contributed by atoms with E-state index in [2.05, 4.69) is 6.58 Å². The first-order valence-corrected chi connectivity index (χ1v) is 4.32. The molecule has 1 N–H and O–H groups in total. The summed E-state index contributed by atoms with van der Waals surface area (Å²) in [6.07, 6.45) is 0.166. The number of hydrogen-bond donors (Lipinski definition) is 1. The molecule has 0 aliphatic heterocycles. The minimum absolute atomic E-state index is 0.0887. The molecule has 1 aromatic rings. The molecule has 0 saturated heterocycles. The Bertz CT molecular complexity index is 352. The molecule has 76 valence electrons. The zero-order valence-electron chi connectivity index (χ0n) is 7.63. The molecule has 1 aromatic carbocycles. The molecule has 0 saturated carbocycles. The molecule has 4 heteroatoms. The van der Waals surface area contributed by atoms with Gasteiger partial charge in [-0.25, -0.2) is 4.39 Å². The second kappa shape index (κ2) is 4.44. The van der Waals surface area contributed by atoms with Crippen molar-refractivity contribution in [3.8, 4) is 5.75 Å². The molecule has 1 unspecified atom stereocenters. The van der Waals surface area contributed by atoms with Crippen LogP contribution in [0.1, 0.15) is 11.7 Å². The van der Waals surface area contributed by atoms with Gasteiger partial charge in [0.1, 0.15) is 10.8 Å². The Morgan fingerprint density at radius 2 is 2.29 bits per heavy atom. The van der Waals surface area contributed by atoms with Crippen LogP contribution in [0.2, 0.25) is 5.02 Å². The van der Waals surface area contributed by atoms with Crippen molar-refractivity contribution in [3.05, 3.63) is 41.2 Å². The predicted molar refractivity (Wildman–Crippen MR) is 53.1 cm³/mol. The third-order valence-corrected chi connectivity index (χ3v) is 2.19. The first-order chi connectivity index (χ1) is 6.61. The summed E-state index contributed by atoms with van der Waals surface area (Å²) in [6, 6.07) is 2.90. The monoisotopic (exact) mass is 216 g/mol. The topological polar surface area (TPSA) is 29.5 Å². The van der Waals surface area contributed by atoms with Gasteiger partial charge in [-0.2, -0.15) is 0 Å². The van der Waals surface area contributed by atoms with Crippen molar-refractivity contribution in [1.29, 1.82) is 0 Å². The maximum Gasteiger partial charge on any atom is 0.151 e. The summed E-state index contributed by atoms with van der Waals surface area (Å²) >= 11 is 5.65. The summed E-state index contributed by atoms with van der Waals surface area (Å²) in [4.78, 5) is 0. The Hall–Kier alpha value is -1.06. The third-order valence-electron chi connectivity index (χ3n) is 1.84. The van der Waals surface area contributed by atoms with Crippen LogP contribution in [-0.4, -0.2) is 12.2 Å². The number of methoxy groups -OCH3 is 1. The van der Waals surface area contributed by atoms with E-state index >= 15 is 0 Å². The number of aliphatic hydroxyl groups is 1. The van der Waals surface area contributed by atoms with Crippen LogP contribution >= 0.6 is 11.6 Å². The standard InChI is InChI=1S/C10H10ClFO2/c1-3-7(13)6-4-5-8(14-2)9(11)10(6)12/h3-5,7,13H,1H2,2H3. The molecular formula is C10H10ClFO2. The lowest BCUT2D eigenvalue weighted by Gasteiger charge is -2.10.